The molecule has 1 unspecified atom stereocenters. The molecule has 0 heterocycles. The number of nitrogens with zero attached hydrogens (tertiary/aromatic N) is 1. The Balaban J connectivity index is 2.69. The van der Waals surface area contributed by atoms with Gasteiger partial charge in [-0.05, 0) is 44.7 Å². The third kappa shape index (κ3) is 3.45. The van der Waals surface area contributed by atoms with E-state index in [0.717, 1.165) is 19.0 Å². The summed E-state index contributed by atoms with van der Waals surface area (Å²) in [6.45, 7) is 11.4. The molecule has 0 aromatic heterocycles. The van der Waals surface area contributed by atoms with Gasteiger partial charge in [0.2, 0.25) is 0 Å². The molecular weight excluding hydrogens is 208 g/mol. The molecule has 0 amide bonds. The van der Waals surface area contributed by atoms with Crippen LogP contribution in [0.1, 0.15) is 66.2 Å². The van der Waals surface area contributed by atoms with E-state index in [1.165, 1.54) is 38.5 Å². The van der Waals surface area contributed by atoms with E-state index in [-0.39, 0.29) is 0 Å². The van der Waals surface area contributed by atoms with Gasteiger partial charge in [0.05, 0.1) is 0 Å². The first-order valence-corrected chi connectivity index (χ1v) is 7.57. The van der Waals surface area contributed by atoms with Crippen LogP contribution >= 0.6 is 0 Å². The van der Waals surface area contributed by atoms with Crippen LogP contribution in [0.15, 0.2) is 0 Å². The average Bonchev–Trinajstić information content (AvgIpc) is 2.78. The minimum atomic E-state index is 0.318. The van der Waals surface area contributed by atoms with Crippen LogP contribution in [0, 0.1) is 5.92 Å². The fourth-order valence-corrected chi connectivity index (χ4v) is 3.54. The molecule has 0 aliphatic heterocycles. The molecule has 0 saturated heterocycles. The van der Waals surface area contributed by atoms with Crippen molar-refractivity contribution in [2.24, 2.45) is 11.7 Å². The van der Waals surface area contributed by atoms with Crippen LogP contribution in [0.2, 0.25) is 0 Å². The molecule has 1 rings (SSSR count). The Morgan fingerprint density at radius 1 is 1.06 bits per heavy atom. The zero-order valence-corrected chi connectivity index (χ0v) is 12.3. The van der Waals surface area contributed by atoms with Crippen molar-refractivity contribution in [1.82, 2.24) is 4.90 Å². The largest absolute Gasteiger partial charge is 0.326 e. The molecule has 0 aromatic rings. The molecule has 0 radical (unpaired) electrons. The van der Waals surface area contributed by atoms with Gasteiger partial charge in [-0.25, -0.2) is 0 Å². The van der Waals surface area contributed by atoms with Crippen molar-refractivity contribution >= 4 is 0 Å². The number of hydrogen-bond donors (Lipinski definition) is 1. The summed E-state index contributed by atoms with van der Waals surface area (Å²) >= 11 is 0. The van der Waals surface area contributed by atoms with Gasteiger partial charge < -0.3 is 5.73 Å². The van der Waals surface area contributed by atoms with Crippen molar-refractivity contribution in [1.29, 1.82) is 0 Å². The zero-order valence-electron chi connectivity index (χ0n) is 12.3. The highest BCUT2D eigenvalue weighted by Gasteiger charge is 2.42. The van der Waals surface area contributed by atoms with Gasteiger partial charge in [0, 0.05) is 11.6 Å². The first kappa shape index (κ1) is 15.0. The van der Waals surface area contributed by atoms with Crippen molar-refractivity contribution in [3.05, 3.63) is 0 Å². The Kier molecular flexibility index (Phi) is 5.94. The molecule has 1 saturated carbocycles. The third-order valence-corrected chi connectivity index (χ3v) is 4.61. The predicted molar refractivity (Wildman–Crippen MR) is 76.2 cm³/mol. The fraction of sp³-hybridized carbons (Fsp3) is 1.00. The molecule has 1 aliphatic carbocycles. The molecule has 2 nitrogen and oxygen atoms in total. The average molecular weight is 240 g/mol. The number of nitrogens with two attached hydrogens (primary N) is 1. The second kappa shape index (κ2) is 6.75. The van der Waals surface area contributed by atoms with E-state index < -0.39 is 0 Å². The summed E-state index contributed by atoms with van der Waals surface area (Å²) < 4.78 is 0. The lowest BCUT2D eigenvalue weighted by Gasteiger charge is -2.45. The number of rotatable bonds is 7. The maximum atomic E-state index is 6.57. The van der Waals surface area contributed by atoms with Gasteiger partial charge in [-0.3, -0.25) is 4.90 Å². The minimum Gasteiger partial charge on any atom is -0.326 e. The summed E-state index contributed by atoms with van der Waals surface area (Å²) in [6.07, 6.45) is 7.82. The lowest BCUT2D eigenvalue weighted by molar-refractivity contribution is 0.0722. The van der Waals surface area contributed by atoms with Crippen molar-refractivity contribution in [3.63, 3.8) is 0 Å². The van der Waals surface area contributed by atoms with Gasteiger partial charge in [-0.2, -0.15) is 0 Å². The van der Waals surface area contributed by atoms with E-state index in [9.17, 15) is 0 Å². The van der Waals surface area contributed by atoms with Crippen LogP contribution in [0.3, 0.4) is 0 Å². The highest BCUT2D eigenvalue weighted by molar-refractivity contribution is 5.01. The summed E-state index contributed by atoms with van der Waals surface area (Å²) in [4.78, 5) is 2.63. The summed E-state index contributed by atoms with van der Waals surface area (Å²) in [6, 6.07) is 0.368. The Bertz CT molecular complexity index is 203. The molecule has 0 aromatic carbocycles. The molecule has 0 bridgehead atoms. The van der Waals surface area contributed by atoms with Crippen molar-refractivity contribution in [2.75, 3.05) is 13.1 Å². The summed E-state index contributed by atoms with van der Waals surface area (Å²) in [7, 11) is 0. The van der Waals surface area contributed by atoms with Crippen molar-refractivity contribution < 1.29 is 0 Å². The first-order valence-electron chi connectivity index (χ1n) is 7.57. The number of hydrogen-bond acceptors (Lipinski definition) is 2. The van der Waals surface area contributed by atoms with E-state index in [0.29, 0.717) is 11.6 Å². The molecule has 2 N–H and O–H groups in total. The second-order valence-electron chi connectivity index (χ2n) is 6.06. The highest BCUT2D eigenvalue weighted by Crippen LogP contribution is 2.38. The molecule has 1 atom stereocenters. The first-order chi connectivity index (χ1) is 8.06. The molecule has 2 heteroatoms. The molecule has 102 valence electrons. The van der Waals surface area contributed by atoms with Gasteiger partial charge in [0.1, 0.15) is 0 Å². The maximum Gasteiger partial charge on any atom is 0.0360 e. The Morgan fingerprint density at radius 3 is 2.00 bits per heavy atom. The summed E-state index contributed by atoms with van der Waals surface area (Å²) in [5.74, 6) is 0.774. The van der Waals surface area contributed by atoms with Gasteiger partial charge in [0.15, 0.2) is 0 Å². The highest BCUT2D eigenvalue weighted by atomic mass is 15.2. The predicted octanol–water partition coefficient (Wildman–Crippen LogP) is 3.40. The van der Waals surface area contributed by atoms with Crippen molar-refractivity contribution in [3.8, 4) is 0 Å². The minimum absolute atomic E-state index is 0.318. The Morgan fingerprint density at radius 2 is 1.59 bits per heavy atom. The zero-order chi connectivity index (χ0) is 12.9. The van der Waals surface area contributed by atoms with E-state index in [1.807, 2.05) is 0 Å². The topological polar surface area (TPSA) is 29.3 Å². The Hall–Kier alpha value is -0.0800. The van der Waals surface area contributed by atoms with Crippen LogP contribution in [0.5, 0.6) is 0 Å². The normalized spacial score (nSPS) is 21.4. The van der Waals surface area contributed by atoms with Gasteiger partial charge >= 0.3 is 0 Å². The maximum absolute atomic E-state index is 6.57. The molecule has 1 aliphatic rings. The SMILES string of the molecule is CCN(CC)C1(C(N)CCC(C)C)CCCC1. The molecule has 0 spiro atoms. The molecular formula is C15H32N2. The van der Waals surface area contributed by atoms with E-state index in [4.69, 9.17) is 5.73 Å². The third-order valence-electron chi connectivity index (χ3n) is 4.61. The van der Waals surface area contributed by atoms with Crippen LogP contribution < -0.4 is 5.73 Å². The molecule has 1 fully saturated rings. The van der Waals surface area contributed by atoms with E-state index >= 15 is 0 Å². The second-order valence-corrected chi connectivity index (χ2v) is 6.06. The quantitative estimate of drug-likeness (QED) is 0.739. The van der Waals surface area contributed by atoms with Crippen molar-refractivity contribution in [2.45, 2.75) is 77.8 Å². The summed E-state index contributed by atoms with van der Waals surface area (Å²) in [5, 5.41) is 0. The molecule has 17 heavy (non-hydrogen) atoms. The summed E-state index contributed by atoms with van der Waals surface area (Å²) in [5.41, 5.74) is 6.89. The monoisotopic (exact) mass is 240 g/mol. The van der Waals surface area contributed by atoms with Crippen LogP contribution in [-0.4, -0.2) is 29.6 Å². The van der Waals surface area contributed by atoms with Crippen LogP contribution in [0.25, 0.3) is 0 Å². The van der Waals surface area contributed by atoms with Crippen LogP contribution in [-0.2, 0) is 0 Å². The van der Waals surface area contributed by atoms with Gasteiger partial charge in [-0.1, -0.05) is 40.5 Å². The number of likely N-dealkylation sites (N-methyl/N-ethyl adjacent to an activating group) is 1. The van der Waals surface area contributed by atoms with Gasteiger partial charge in [-0.15, -0.1) is 0 Å². The Labute approximate surface area is 108 Å². The lowest BCUT2D eigenvalue weighted by atomic mass is 9.83. The lowest BCUT2D eigenvalue weighted by Crippen LogP contribution is -2.58. The fourth-order valence-electron chi connectivity index (χ4n) is 3.54. The van der Waals surface area contributed by atoms with E-state index in [2.05, 4.69) is 32.6 Å². The van der Waals surface area contributed by atoms with Gasteiger partial charge in [0.25, 0.3) is 0 Å². The smallest absolute Gasteiger partial charge is 0.0360 e. The standard InChI is InChI=1S/C15H32N2/c1-5-17(6-2)15(11-7-8-12-15)14(16)10-9-13(3)4/h13-14H,5-12,16H2,1-4H3. The van der Waals surface area contributed by atoms with E-state index in [1.54, 1.807) is 0 Å². The van der Waals surface area contributed by atoms with Crippen LogP contribution in [0.4, 0.5) is 0 Å².